The first kappa shape index (κ1) is 20.6. The summed E-state index contributed by atoms with van der Waals surface area (Å²) in [6.45, 7) is 2.56. The van der Waals surface area contributed by atoms with Crippen LogP contribution in [-0.4, -0.2) is 33.7 Å². The highest BCUT2D eigenvalue weighted by molar-refractivity contribution is 6.33. The highest BCUT2D eigenvalue weighted by Crippen LogP contribution is 2.48. The molecule has 1 aliphatic carbocycles. The molecule has 1 spiro atoms. The second-order valence-corrected chi connectivity index (χ2v) is 9.98. The van der Waals surface area contributed by atoms with Gasteiger partial charge in [0.15, 0.2) is 0 Å². The molecule has 0 radical (unpaired) electrons. The summed E-state index contributed by atoms with van der Waals surface area (Å²) in [5, 5.41) is 0.619. The van der Waals surface area contributed by atoms with Gasteiger partial charge in [-0.2, -0.15) is 0 Å². The Bertz CT molecular complexity index is 1340. The van der Waals surface area contributed by atoms with Gasteiger partial charge in [-0.1, -0.05) is 29.8 Å². The van der Waals surface area contributed by atoms with Crippen molar-refractivity contribution in [1.82, 2.24) is 14.5 Å². The Morgan fingerprint density at radius 3 is 2.82 bits per heavy atom. The van der Waals surface area contributed by atoms with Crippen molar-refractivity contribution >= 4 is 28.5 Å². The predicted octanol–water partition coefficient (Wildman–Crippen LogP) is 5.26. The zero-order valence-corrected chi connectivity index (χ0v) is 19.0. The predicted molar refractivity (Wildman–Crippen MR) is 130 cm³/mol. The normalized spacial score (nSPS) is 22.3. The van der Waals surface area contributed by atoms with Crippen molar-refractivity contribution in [1.29, 1.82) is 0 Å². The summed E-state index contributed by atoms with van der Waals surface area (Å²) < 4.78 is 15.7. The molecule has 0 unspecified atom stereocenters. The Kier molecular flexibility index (Phi) is 4.89. The number of hydrogen-bond donors (Lipinski definition) is 1. The Morgan fingerprint density at radius 1 is 1.12 bits per heavy atom. The van der Waals surface area contributed by atoms with Crippen molar-refractivity contribution in [2.24, 2.45) is 11.1 Å². The van der Waals surface area contributed by atoms with Crippen LogP contribution < -0.4 is 10.6 Å². The average molecular weight is 462 g/mol. The summed E-state index contributed by atoms with van der Waals surface area (Å²) >= 11 is 6.60. The maximum Gasteiger partial charge on any atom is 0.129 e. The lowest BCUT2D eigenvalue weighted by molar-refractivity contribution is 0.132. The largest absolute Gasteiger partial charge is 0.356 e. The molecular weight excluding hydrogens is 437 g/mol. The van der Waals surface area contributed by atoms with Gasteiger partial charge in [-0.3, -0.25) is 0 Å². The number of halogens is 2. The quantitative estimate of drug-likeness (QED) is 0.450. The summed E-state index contributed by atoms with van der Waals surface area (Å²) in [5.74, 6) is 0.724. The van der Waals surface area contributed by atoms with E-state index in [-0.39, 0.29) is 5.82 Å². The topological polar surface area (TPSA) is 60.0 Å². The van der Waals surface area contributed by atoms with Crippen LogP contribution in [0.15, 0.2) is 61.1 Å². The molecule has 2 aromatic heterocycles. The molecule has 2 aromatic carbocycles. The van der Waals surface area contributed by atoms with Crippen molar-refractivity contribution in [3.63, 3.8) is 0 Å². The third-order valence-corrected chi connectivity index (χ3v) is 7.47. The van der Waals surface area contributed by atoms with Crippen molar-refractivity contribution in [3.05, 3.63) is 77.5 Å². The van der Waals surface area contributed by atoms with E-state index in [0.717, 1.165) is 59.5 Å². The van der Waals surface area contributed by atoms with E-state index in [1.807, 2.05) is 22.8 Å². The summed E-state index contributed by atoms with van der Waals surface area (Å²) in [6, 6.07) is 15.3. The van der Waals surface area contributed by atoms with E-state index in [9.17, 15) is 4.39 Å². The van der Waals surface area contributed by atoms with Gasteiger partial charge in [0.2, 0.25) is 0 Å². The summed E-state index contributed by atoms with van der Waals surface area (Å²) in [5.41, 5.74) is 11.2. The molecule has 0 bridgehead atoms. The number of benzene rings is 2. The fraction of sp³-hybridized carbons (Fsp3) is 0.308. The van der Waals surface area contributed by atoms with Crippen LogP contribution in [0.1, 0.15) is 24.8 Å². The highest BCUT2D eigenvalue weighted by atomic mass is 35.5. The molecule has 4 aromatic rings. The van der Waals surface area contributed by atoms with Crippen LogP contribution in [0, 0.1) is 11.2 Å². The molecule has 2 N–H and O–H groups in total. The molecule has 0 atom stereocenters. The molecule has 0 amide bonds. The summed E-state index contributed by atoms with van der Waals surface area (Å²) in [6.07, 6.45) is 6.93. The standard InChI is InChI=1S/C26H25ClFN5/c27-22-13-30-25(32-7-6-26(15-32)11-20(29)12-26)10-21(22)18-4-5-23-24(9-18)33(16-31-23)14-17-2-1-3-19(28)8-17/h1-5,8-10,13,16,20H,6-7,11-12,14-15,29H2. The number of pyridine rings is 1. The van der Waals surface area contributed by atoms with Crippen LogP contribution in [0.3, 0.4) is 0 Å². The van der Waals surface area contributed by atoms with Crippen LogP contribution in [0.4, 0.5) is 10.2 Å². The minimum absolute atomic E-state index is 0.235. The van der Waals surface area contributed by atoms with Crippen molar-refractivity contribution in [2.75, 3.05) is 18.0 Å². The first-order valence-corrected chi connectivity index (χ1v) is 11.7. The molecule has 5 nitrogen and oxygen atoms in total. The summed E-state index contributed by atoms with van der Waals surface area (Å²) in [4.78, 5) is 11.5. The zero-order valence-electron chi connectivity index (χ0n) is 18.2. The Morgan fingerprint density at radius 2 is 2.00 bits per heavy atom. The third kappa shape index (κ3) is 3.77. The number of imidazole rings is 1. The molecule has 2 fully saturated rings. The minimum atomic E-state index is -0.235. The molecule has 2 aliphatic rings. The van der Waals surface area contributed by atoms with Gasteiger partial charge >= 0.3 is 0 Å². The van der Waals surface area contributed by atoms with Gasteiger partial charge in [-0.05, 0) is 66.1 Å². The van der Waals surface area contributed by atoms with Crippen molar-refractivity contribution in [2.45, 2.75) is 31.8 Å². The van der Waals surface area contributed by atoms with Crippen molar-refractivity contribution in [3.8, 4) is 11.1 Å². The summed E-state index contributed by atoms with van der Waals surface area (Å²) in [7, 11) is 0. The lowest BCUT2D eigenvalue weighted by atomic mass is 9.65. The molecule has 1 saturated carbocycles. The first-order valence-electron chi connectivity index (χ1n) is 11.3. The monoisotopic (exact) mass is 461 g/mol. The molecule has 1 aliphatic heterocycles. The van der Waals surface area contributed by atoms with Gasteiger partial charge in [-0.15, -0.1) is 0 Å². The molecule has 168 valence electrons. The highest BCUT2D eigenvalue weighted by Gasteiger charge is 2.47. The Hall–Kier alpha value is -2.96. The first-order chi connectivity index (χ1) is 16.0. The van der Waals surface area contributed by atoms with E-state index >= 15 is 0 Å². The van der Waals surface area contributed by atoms with Crippen molar-refractivity contribution < 1.29 is 4.39 Å². The molecular formula is C26H25ClFN5. The molecule has 33 heavy (non-hydrogen) atoms. The fourth-order valence-electron chi connectivity index (χ4n) is 5.52. The molecule has 7 heteroatoms. The van der Waals surface area contributed by atoms with E-state index < -0.39 is 0 Å². The van der Waals surface area contributed by atoms with Gasteiger partial charge in [0, 0.05) is 37.4 Å². The van der Waals surface area contributed by atoms with E-state index in [2.05, 4.69) is 27.0 Å². The smallest absolute Gasteiger partial charge is 0.129 e. The van der Waals surface area contributed by atoms with Crippen LogP contribution in [0.5, 0.6) is 0 Å². The second kappa shape index (κ2) is 7.82. The van der Waals surface area contributed by atoms with Gasteiger partial charge in [0.25, 0.3) is 0 Å². The number of rotatable bonds is 4. The molecule has 3 heterocycles. The number of nitrogens with two attached hydrogens (primary N) is 1. The zero-order chi connectivity index (χ0) is 22.6. The van der Waals surface area contributed by atoms with Crippen LogP contribution >= 0.6 is 11.6 Å². The SMILES string of the molecule is NC1CC2(CCN(c3cc(-c4ccc5ncn(Cc6cccc(F)c6)c5c4)c(Cl)cn3)C2)C1. The Labute approximate surface area is 197 Å². The average Bonchev–Trinajstić information content (AvgIpc) is 3.39. The Balaban J connectivity index is 1.32. The molecule has 6 rings (SSSR count). The van der Waals surface area contributed by atoms with E-state index in [4.69, 9.17) is 17.3 Å². The van der Waals surface area contributed by atoms with Gasteiger partial charge < -0.3 is 15.2 Å². The lowest BCUT2D eigenvalue weighted by Crippen LogP contribution is -2.47. The van der Waals surface area contributed by atoms with E-state index in [1.54, 1.807) is 24.7 Å². The van der Waals surface area contributed by atoms with Gasteiger partial charge in [-0.25, -0.2) is 14.4 Å². The number of fused-ring (bicyclic) bond motifs is 1. The van der Waals surface area contributed by atoms with Gasteiger partial charge in [0.1, 0.15) is 11.6 Å². The van der Waals surface area contributed by atoms with E-state index in [0.29, 0.717) is 23.0 Å². The van der Waals surface area contributed by atoms with Crippen LogP contribution in [-0.2, 0) is 6.54 Å². The maximum atomic E-state index is 13.6. The number of aromatic nitrogens is 3. The fourth-order valence-corrected chi connectivity index (χ4v) is 5.73. The van der Waals surface area contributed by atoms with Gasteiger partial charge in [0.05, 0.1) is 22.4 Å². The number of hydrogen-bond acceptors (Lipinski definition) is 4. The lowest BCUT2D eigenvalue weighted by Gasteiger charge is -2.43. The van der Waals surface area contributed by atoms with Crippen LogP contribution in [0.25, 0.3) is 22.2 Å². The second-order valence-electron chi connectivity index (χ2n) is 9.57. The molecule has 1 saturated heterocycles. The number of nitrogens with zero attached hydrogens (tertiary/aromatic N) is 4. The number of anilines is 1. The third-order valence-electron chi connectivity index (χ3n) is 7.17. The van der Waals surface area contributed by atoms with E-state index in [1.165, 1.54) is 12.5 Å². The van der Waals surface area contributed by atoms with Crippen LogP contribution in [0.2, 0.25) is 5.02 Å². The minimum Gasteiger partial charge on any atom is -0.356 e. The maximum absolute atomic E-state index is 13.6.